The van der Waals surface area contributed by atoms with E-state index in [-0.39, 0.29) is 0 Å². The van der Waals surface area contributed by atoms with Crippen molar-refractivity contribution in [2.75, 3.05) is 0 Å². The molecule has 0 unspecified atom stereocenters. The van der Waals surface area contributed by atoms with Crippen LogP contribution in [0, 0.1) is 17.3 Å². The summed E-state index contributed by atoms with van der Waals surface area (Å²) in [4.78, 5) is 8.00. The molecule has 3 heterocycles. The zero-order valence-electron chi connectivity index (χ0n) is 10.6. The van der Waals surface area contributed by atoms with Gasteiger partial charge in [-0.25, -0.2) is 9.97 Å². The van der Waals surface area contributed by atoms with Gasteiger partial charge < -0.3 is 4.40 Å². The molecule has 5 heteroatoms. The average Bonchev–Trinajstić information content (AvgIpc) is 2.87. The van der Waals surface area contributed by atoms with Gasteiger partial charge in [-0.15, -0.1) is 0 Å². The highest BCUT2D eigenvalue weighted by Gasteiger charge is 2.04. The third-order valence-corrected chi connectivity index (χ3v) is 3.09. The fourth-order valence-electron chi connectivity index (χ4n) is 2.10. The zero-order chi connectivity index (χ0) is 13.9. The lowest BCUT2D eigenvalue weighted by molar-refractivity contribution is 0.581. The van der Waals surface area contributed by atoms with E-state index in [1.54, 1.807) is 18.3 Å². The molecule has 0 fully saturated rings. The number of aryl methyl sites for hydroxylation is 2. The van der Waals surface area contributed by atoms with Crippen molar-refractivity contribution in [1.29, 1.82) is 5.26 Å². The van der Waals surface area contributed by atoms with E-state index >= 15 is 0 Å². The van der Waals surface area contributed by atoms with E-state index in [2.05, 4.69) is 16.0 Å². The second kappa shape index (κ2) is 5.10. The number of fused-ring (bicyclic) bond motifs is 1. The van der Waals surface area contributed by atoms with E-state index < -0.39 is 5.95 Å². The van der Waals surface area contributed by atoms with Crippen LogP contribution < -0.4 is 0 Å². The predicted octanol–water partition coefficient (Wildman–Crippen LogP) is 2.53. The average molecular weight is 266 g/mol. The molecule has 0 radical (unpaired) electrons. The lowest BCUT2D eigenvalue weighted by atomic mass is 10.1. The molecule has 0 bridgehead atoms. The summed E-state index contributed by atoms with van der Waals surface area (Å²) in [5.74, 6) is -0.462. The van der Waals surface area contributed by atoms with Gasteiger partial charge in [-0.2, -0.15) is 9.65 Å². The summed E-state index contributed by atoms with van der Waals surface area (Å²) >= 11 is 0. The minimum absolute atomic E-state index is 0.462. The summed E-state index contributed by atoms with van der Waals surface area (Å²) in [5.41, 5.74) is 3.21. The minimum Gasteiger partial charge on any atom is -0.305 e. The Labute approximate surface area is 115 Å². The number of nitrogens with zero attached hydrogens (tertiary/aromatic N) is 4. The van der Waals surface area contributed by atoms with Gasteiger partial charge in [0.25, 0.3) is 0 Å². The second-order valence-electron chi connectivity index (χ2n) is 4.51. The van der Waals surface area contributed by atoms with Gasteiger partial charge in [0.05, 0.1) is 11.3 Å². The van der Waals surface area contributed by atoms with Gasteiger partial charge in [-0.1, -0.05) is 0 Å². The third-order valence-electron chi connectivity index (χ3n) is 3.09. The van der Waals surface area contributed by atoms with E-state index in [0.29, 0.717) is 18.4 Å². The van der Waals surface area contributed by atoms with Crippen molar-refractivity contribution in [3.05, 3.63) is 65.6 Å². The standard InChI is InChI=1S/C15H11FN4/c16-14-7-11(5-6-18-14)1-3-13-10-20-9-12(8-17)2-4-15(20)19-13/h2,4-7,9-10H,1,3H2. The van der Waals surface area contributed by atoms with Gasteiger partial charge in [-0.3, -0.25) is 0 Å². The fourth-order valence-corrected chi connectivity index (χ4v) is 2.10. The number of aromatic nitrogens is 3. The van der Waals surface area contributed by atoms with Gasteiger partial charge in [0, 0.05) is 18.6 Å². The summed E-state index contributed by atoms with van der Waals surface area (Å²) in [6.45, 7) is 0. The molecule has 0 N–H and O–H groups in total. The lowest BCUT2D eigenvalue weighted by Crippen LogP contribution is -1.93. The van der Waals surface area contributed by atoms with Crippen LogP contribution in [0.1, 0.15) is 16.8 Å². The Morgan fingerprint density at radius 1 is 1.20 bits per heavy atom. The maximum Gasteiger partial charge on any atom is 0.213 e. The van der Waals surface area contributed by atoms with E-state index in [9.17, 15) is 4.39 Å². The van der Waals surface area contributed by atoms with Gasteiger partial charge in [0.2, 0.25) is 5.95 Å². The van der Waals surface area contributed by atoms with Crippen molar-refractivity contribution in [2.45, 2.75) is 12.8 Å². The number of rotatable bonds is 3. The predicted molar refractivity (Wildman–Crippen MR) is 71.5 cm³/mol. The Kier molecular flexibility index (Phi) is 3.13. The van der Waals surface area contributed by atoms with Crippen molar-refractivity contribution in [3.8, 4) is 6.07 Å². The van der Waals surface area contributed by atoms with Crippen LogP contribution in [0.4, 0.5) is 4.39 Å². The normalized spacial score (nSPS) is 10.6. The van der Waals surface area contributed by atoms with Crippen LogP contribution in [0.5, 0.6) is 0 Å². The van der Waals surface area contributed by atoms with E-state index in [1.165, 1.54) is 12.3 Å². The van der Waals surface area contributed by atoms with Gasteiger partial charge in [0.15, 0.2) is 0 Å². The van der Waals surface area contributed by atoms with Crippen LogP contribution in [0.2, 0.25) is 0 Å². The Morgan fingerprint density at radius 2 is 2.10 bits per heavy atom. The van der Waals surface area contributed by atoms with Crippen molar-refractivity contribution in [1.82, 2.24) is 14.4 Å². The van der Waals surface area contributed by atoms with Crippen molar-refractivity contribution < 1.29 is 4.39 Å². The zero-order valence-corrected chi connectivity index (χ0v) is 10.6. The smallest absolute Gasteiger partial charge is 0.213 e. The molecule has 0 atom stereocenters. The molecule has 0 aliphatic rings. The highest BCUT2D eigenvalue weighted by atomic mass is 19.1. The van der Waals surface area contributed by atoms with Gasteiger partial charge in [-0.05, 0) is 42.7 Å². The molecule has 4 nitrogen and oxygen atoms in total. The summed E-state index contributed by atoms with van der Waals surface area (Å²) in [6.07, 6.45) is 6.53. The summed E-state index contributed by atoms with van der Waals surface area (Å²) in [6, 6.07) is 8.88. The monoisotopic (exact) mass is 266 g/mol. The van der Waals surface area contributed by atoms with Gasteiger partial charge >= 0.3 is 0 Å². The third kappa shape index (κ3) is 2.50. The fraction of sp³-hybridized carbons (Fsp3) is 0.133. The quantitative estimate of drug-likeness (QED) is 0.684. The van der Waals surface area contributed by atoms with E-state index in [0.717, 1.165) is 16.9 Å². The highest BCUT2D eigenvalue weighted by Crippen LogP contribution is 2.10. The minimum atomic E-state index is -0.462. The first-order chi connectivity index (χ1) is 9.74. The number of imidazole rings is 1. The topological polar surface area (TPSA) is 54.0 Å². The molecule has 0 saturated carbocycles. The molecule has 3 aromatic heterocycles. The maximum absolute atomic E-state index is 13.0. The lowest BCUT2D eigenvalue weighted by Gasteiger charge is -1.98. The molecule has 20 heavy (non-hydrogen) atoms. The molecule has 0 aliphatic carbocycles. The molecule has 98 valence electrons. The highest BCUT2D eigenvalue weighted by molar-refractivity contribution is 5.44. The van der Waals surface area contributed by atoms with Crippen LogP contribution in [-0.2, 0) is 12.8 Å². The number of halogens is 1. The van der Waals surface area contributed by atoms with Crippen molar-refractivity contribution >= 4 is 5.65 Å². The maximum atomic E-state index is 13.0. The molecule has 3 rings (SSSR count). The van der Waals surface area contributed by atoms with E-state index in [1.807, 2.05) is 16.7 Å². The molecule has 0 spiro atoms. The van der Waals surface area contributed by atoms with Crippen molar-refractivity contribution in [3.63, 3.8) is 0 Å². The Bertz CT molecular complexity index is 801. The first-order valence-corrected chi connectivity index (χ1v) is 6.23. The number of hydrogen-bond donors (Lipinski definition) is 0. The first kappa shape index (κ1) is 12.3. The Balaban J connectivity index is 1.79. The number of pyridine rings is 2. The first-order valence-electron chi connectivity index (χ1n) is 6.23. The summed E-state index contributed by atoms with van der Waals surface area (Å²) in [7, 11) is 0. The summed E-state index contributed by atoms with van der Waals surface area (Å²) in [5, 5.41) is 8.86. The molecule has 0 aromatic carbocycles. The largest absolute Gasteiger partial charge is 0.305 e. The molecular formula is C15H11FN4. The SMILES string of the molecule is N#Cc1ccc2nc(CCc3ccnc(F)c3)cn2c1. The molecular weight excluding hydrogens is 255 g/mol. The second-order valence-corrected chi connectivity index (χ2v) is 4.51. The van der Waals surface area contributed by atoms with Crippen LogP contribution in [0.25, 0.3) is 5.65 Å². The Morgan fingerprint density at radius 3 is 2.90 bits per heavy atom. The Hall–Kier alpha value is -2.74. The molecule has 0 saturated heterocycles. The van der Waals surface area contributed by atoms with Crippen molar-refractivity contribution in [2.24, 2.45) is 0 Å². The van der Waals surface area contributed by atoms with Crippen LogP contribution in [0.3, 0.4) is 0 Å². The number of hydrogen-bond acceptors (Lipinski definition) is 3. The number of nitriles is 1. The summed E-state index contributed by atoms with van der Waals surface area (Å²) < 4.78 is 14.8. The molecule has 0 aliphatic heterocycles. The van der Waals surface area contributed by atoms with Crippen LogP contribution in [-0.4, -0.2) is 14.4 Å². The van der Waals surface area contributed by atoms with Gasteiger partial charge in [0.1, 0.15) is 11.7 Å². The van der Waals surface area contributed by atoms with Crippen LogP contribution >= 0.6 is 0 Å². The van der Waals surface area contributed by atoms with E-state index in [4.69, 9.17) is 5.26 Å². The molecule has 0 amide bonds. The molecule has 3 aromatic rings. The van der Waals surface area contributed by atoms with Crippen LogP contribution in [0.15, 0.2) is 42.9 Å².